The van der Waals surface area contributed by atoms with Crippen LogP contribution in [-0.4, -0.2) is 47.0 Å². The van der Waals surface area contributed by atoms with E-state index in [9.17, 15) is 0 Å². The van der Waals surface area contributed by atoms with Gasteiger partial charge < -0.3 is 9.32 Å². The van der Waals surface area contributed by atoms with Gasteiger partial charge in [-0.15, -0.1) is 0 Å². The van der Waals surface area contributed by atoms with Crippen molar-refractivity contribution in [2.24, 2.45) is 0 Å². The fourth-order valence-corrected chi connectivity index (χ4v) is 2.45. The highest BCUT2D eigenvalue weighted by Crippen LogP contribution is 2.12. The topological polar surface area (TPSA) is 45.4 Å². The van der Waals surface area contributed by atoms with E-state index >= 15 is 0 Å². The van der Waals surface area contributed by atoms with Crippen molar-refractivity contribution in [3.63, 3.8) is 0 Å². The second-order valence-electron chi connectivity index (χ2n) is 6.55. The third-order valence-electron chi connectivity index (χ3n) is 3.69. The molecule has 5 nitrogen and oxygen atoms in total. The maximum Gasteiger partial charge on any atom is 0.130 e. The third-order valence-corrected chi connectivity index (χ3v) is 3.69. The molecule has 2 rings (SSSR count). The van der Waals surface area contributed by atoms with Gasteiger partial charge in [-0.2, -0.15) is 0 Å². The van der Waals surface area contributed by atoms with Crippen molar-refractivity contribution in [1.82, 2.24) is 19.8 Å². The molecule has 0 unspecified atom stereocenters. The van der Waals surface area contributed by atoms with Crippen LogP contribution in [0, 0.1) is 0 Å². The molecule has 2 heterocycles. The van der Waals surface area contributed by atoms with Gasteiger partial charge in [-0.3, -0.25) is 4.90 Å². The maximum absolute atomic E-state index is 5.50. The van der Waals surface area contributed by atoms with Crippen molar-refractivity contribution >= 4 is 0 Å². The lowest BCUT2D eigenvalue weighted by atomic mass is 10.2. The van der Waals surface area contributed by atoms with Crippen molar-refractivity contribution in [3.05, 3.63) is 47.9 Å². The van der Waals surface area contributed by atoms with E-state index in [1.54, 1.807) is 6.26 Å². The number of rotatable bonds is 9. The van der Waals surface area contributed by atoms with E-state index in [1.807, 2.05) is 24.5 Å². The fraction of sp³-hybridized carbons (Fsp3) is 0.556. The maximum atomic E-state index is 5.50. The van der Waals surface area contributed by atoms with Crippen LogP contribution < -0.4 is 0 Å². The molecule has 126 valence electrons. The first-order chi connectivity index (χ1) is 11.0. The summed E-state index contributed by atoms with van der Waals surface area (Å²) >= 11 is 0. The molecule has 23 heavy (non-hydrogen) atoms. The Morgan fingerprint density at radius 1 is 1.09 bits per heavy atom. The van der Waals surface area contributed by atoms with Gasteiger partial charge in [0.2, 0.25) is 0 Å². The van der Waals surface area contributed by atoms with Gasteiger partial charge in [-0.1, -0.05) is 13.8 Å². The van der Waals surface area contributed by atoms with E-state index < -0.39 is 0 Å². The van der Waals surface area contributed by atoms with Gasteiger partial charge in [0.05, 0.1) is 12.8 Å². The van der Waals surface area contributed by atoms with Crippen LogP contribution in [0.2, 0.25) is 0 Å². The molecule has 0 N–H and O–H groups in total. The normalized spacial score (nSPS) is 11.8. The van der Waals surface area contributed by atoms with Crippen LogP contribution >= 0.6 is 0 Å². The van der Waals surface area contributed by atoms with Gasteiger partial charge >= 0.3 is 0 Å². The number of hydrogen-bond donors (Lipinski definition) is 0. The summed E-state index contributed by atoms with van der Waals surface area (Å²) in [5, 5.41) is 0. The molecular weight excluding hydrogens is 288 g/mol. The van der Waals surface area contributed by atoms with Crippen LogP contribution in [0.3, 0.4) is 0 Å². The van der Waals surface area contributed by atoms with Crippen LogP contribution in [-0.2, 0) is 13.1 Å². The molecule has 0 aromatic carbocycles. The van der Waals surface area contributed by atoms with E-state index in [0.29, 0.717) is 5.92 Å². The van der Waals surface area contributed by atoms with Gasteiger partial charge in [0.1, 0.15) is 11.6 Å². The first-order valence-corrected chi connectivity index (χ1v) is 8.25. The third kappa shape index (κ3) is 6.12. The highest BCUT2D eigenvalue weighted by molar-refractivity contribution is 5.07. The lowest BCUT2D eigenvalue weighted by Gasteiger charge is -2.22. The van der Waals surface area contributed by atoms with E-state index in [-0.39, 0.29) is 0 Å². The zero-order valence-corrected chi connectivity index (χ0v) is 14.7. The Hall–Kier alpha value is -1.72. The van der Waals surface area contributed by atoms with E-state index in [0.717, 1.165) is 49.7 Å². The molecule has 0 atom stereocenters. The molecule has 0 fully saturated rings. The molecule has 0 spiro atoms. The quantitative estimate of drug-likeness (QED) is 0.711. The Labute approximate surface area is 139 Å². The van der Waals surface area contributed by atoms with Crippen molar-refractivity contribution in [1.29, 1.82) is 0 Å². The van der Waals surface area contributed by atoms with Gasteiger partial charge in [0, 0.05) is 37.0 Å². The summed E-state index contributed by atoms with van der Waals surface area (Å²) < 4.78 is 5.50. The minimum absolute atomic E-state index is 0.364. The smallest absolute Gasteiger partial charge is 0.130 e. The van der Waals surface area contributed by atoms with Crippen LogP contribution in [0.25, 0.3) is 0 Å². The standard InChI is InChI=1S/C18H28N4O/c1-15(2)18-19-11-16(12-20-18)13-22(9-6-8-21(3)4)14-17-7-5-10-23-17/h5,7,10-12,15H,6,8-9,13-14H2,1-4H3. The SMILES string of the molecule is CC(C)c1ncc(CN(CCCN(C)C)Cc2ccco2)cn1. The Balaban J connectivity index is 1.97. The Morgan fingerprint density at radius 3 is 2.39 bits per heavy atom. The number of hydrogen-bond acceptors (Lipinski definition) is 5. The van der Waals surface area contributed by atoms with Crippen molar-refractivity contribution in [2.75, 3.05) is 27.2 Å². The summed E-state index contributed by atoms with van der Waals surface area (Å²) in [5.74, 6) is 2.26. The molecule has 0 radical (unpaired) electrons. The van der Waals surface area contributed by atoms with Crippen molar-refractivity contribution in [3.8, 4) is 0 Å². The first kappa shape index (κ1) is 17.6. The van der Waals surface area contributed by atoms with E-state index in [4.69, 9.17) is 4.42 Å². The molecule has 0 bridgehead atoms. The van der Waals surface area contributed by atoms with Crippen LogP contribution in [0.5, 0.6) is 0 Å². The monoisotopic (exact) mass is 316 g/mol. The molecule has 2 aromatic rings. The van der Waals surface area contributed by atoms with Crippen LogP contribution in [0.15, 0.2) is 35.2 Å². The Morgan fingerprint density at radius 2 is 1.83 bits per heavy atom. The van der Waals surface area contributed by atoms with E-state index in [1.165, 1.54) is 0 Å². The summed E-state index contributed by atoms with van der Waals surface area (Å²) in [4.78, 5) is 13.5. The molecular formula is C18H28N4O. The number of aromatic nitrogens is 2. The second kappa shape index (κ2) is 8.79. The predicted molar refractivity (Wildman–Crippen MR) is 92.1 cm³/mol. The molecule has 0 aliphatic rings. The molecule has 5 heteroatoms. The molecule has 0 amide bonds. The molecule has 0 aliphatic heterocycles. The summed E-state index contributed by atoms with van der Waals surface area (Å²) in [6, 6.07) is 3.96. The summed E-state index contributed by atoms with van der Waals surface area (Å²) in [5.41, 5.74) is 1.14. The zero-order chi connectivity index (χ0) is 16.7. The number of nitrogens with zero attached hydrogens (tertiary/aromatic N) is 4. The Bertz CT molecular complexity index is 549. The highest BCUT2D eigenvalue weighted by atomic mass is 16.3. The van der Waals surface area contributed by atoms with Gasteiger partial charge in [0.15, 0.2) is 0 Å². The second-order valence-corrected chi connectivity index (χ2v) is 6.55. The Kier molecular flexibility index (Phi) is 6.74. The summed E-state index contributed by atoms with van der Waals surface area (Å²) in [6.07, 6.45) is 6.75. The lowest BCUT2D eigenvalue weighted by Crippen LogP contribution is -2.27. The number of furan rings is 1. The highest BCUT2D eigenvalue weighted by Gasteiger charge is 2.10. The molecule has 0 saturated heterocycles. The predicted octanol–water partition coefficient (Wildman–Crippen LogP) is 3.15. The summed E-state index contributed by atoms with van der Waals surface area (Å²) in [6.45, 7) is 7.97. The van der Waals surface area contributed by atoms with Gasteiger partial charge in [-0.05, 0) is 39.2 Å². The molecule has 0 aliphatic carbocycles. The minimum atomic E-state index is 0.364. The van der Waals surface area contributed by atoms with Gasteiger partial charge in [0.25, 0.3) is 0 Å². The van der Waals surface area contributed by atoms with Crippen molar-refractivity contribution in [2.45, 2.75) is 39.3 Å². The molecule has 0 saturated carbocycles. The average molecular weight is 316 g/mol. The fourth-order valence-electron chi connectivity index (χ4n) is 2.45. The van der Waals surface area contributed by atoms with Crippen molar-refractivity contribution < 1.29 is 4.42 Å². The zero-order valence-electron chi connectivity index (χ0n) is 14.7. The van der Waals surface area contributed by atoms with Gasteiger partial charge in [-0.25, -0.2) is 9.97 Å². The minimum Gasteiger partial charge on any atom is -0.468 e. The largest absolute Gasteiger partial charge is 0.468 e. The first-order valence-electron chi connectivity index (χ1n) is 8.25. The van der Waals surface area contributed by atoms with Crippen LogP contribution in [0.1, 0.15) is 43.3 Å². The van der Waals surface area contributed by atoms with Crippen LogP contribution in [0.4, 0.5) is 0 Å². The summed E-state index contributed by atoms with van der Waals surface area (Å²) in [7, 11) is 4.21. The molecule has 2 aromatic heterocycles. The van der Waals surface area contributed by atoms with E-state index in [2.05, 4.69) is 47.7 Å². The lowest BCUT2D eigenvalue weighted by molar-refractivity contribution is 0.222. The average Bonchev–Trinajstić information content (AvgIpc) is 3.00.